The molecule has 0 aliphatic carbocycles. The predicted octanol–water partition coefficient (Wildman–Crippen LogP) is 2.54. The zero-order valence-electron chi connectivity index (χ0n) is 9.51. The number of benzene rings is 1. The minimum Gasteiger partial charge on any atom is -0.316 e. The van der Waals surface area contributed by atoms with Gasteiger partial charge in [-0.1, -0.05) is 0 Å². The molecule has 1 saturated heterocycles. The average molecular weight is 239 g/mol. The van der Waals surface area contributed by atoms with Crippen LogP contribution in [0.3, 0.4) is 0 Å². The van der Waals surface area contributed by atoms with E-state index in [2.05, 4.69) is 5.32 Å². The summed E-state index contributed by atoms with van der Waals surface area (Å²) in [7, 11) is 0. The van der Waals surface area contributed by atoms with Gasteiger partial charge in [0.25, 0.3) is 0 Å². The first kappa shape index (κ1) is 12.2. The van der Waals surface area contributed by atoms with Crippen molar-refractivity contribution in [1.29, 1.82) is 0 Å². The Bertz CT molecular complexity index is 414. The van der Waals surface area contributed by atoms with Gasteiger partial charge in [-0.15, -0.1) is 0 Å². The van der Waals surface area contributed by atoms with Crippen LogP contribution >= 0.6 is 0 Å². The highest BCUT2D eigenvalue weighted by Crippen LogP contribution is 2.19. The molecule has 0 spiro atoms. The summed E-state index contributed by atoms with van der Waals surface area (Å²) in [4.78, 5) is 11.9. The molecular formula is C13H15F2NO. The summed E-state index contributed by atoms with van der Waals surface area (Å²) in [5, 5.41) is 3.20. The molecule has 2 nitrogen and oxygen atoms in total. The topological polar surface area (TPSA) is 29.1 Å². The molecule has 2 rings (SSSR count). The summed E-state index contributed by atoms with van der Waals surface area (Å²) < 4.78 is 26.3. The summed E-state index contributed by atoms with van der Waals surface area (Å²) in [6.45, 7) is 1.75. The zero-order valence-corrected chi connectivity index (χ0v) is 9.51. The Morgan fingerprint density at radius 1 is 1.41 bits per heavy atom. The number of nitrogens with one attached hydrogen (secondary N) is 1. The Kier molecular flexibility index (Phi) is 3.84. The van der Waals surface area contributed by atoms with Crippen molar-refractivity contribution in [2.24, 2.45) is 5.92 Å². The average Bonchev–Trinajstić information content (AvgIpc) is 2.33. The third-order valence-corrected chi connectivity index (χ3v) is 3.10. The maximum absolute atomic E-state index is 13.4. The van der Waals surface area contributed by atoms with E-state index in [0.717, 1.165) is 44.1 Å². The van der Waals surface area contributed by atoms with E-state index >= 15 is 0 Å². The van der Waals surface area contributed by atoms with Crippen molar-refractivity contribution in [3.8, 4) is 0 Å². The standard InChI is InChI=1S/C13H15F2NO/c14-10-3-4-12(15)11(7-10)13(17)6-9-2-1-5-16-8-9/h3-4,7,9,16H,1-2,5-6,8H2. The molecule has 0 radical (unpaired) electrons. The number of carbonyl (C=O) groups is 1. The third kappa shape index (κ3) is 3.09. The van der Waals surface area contributed by atoms with Crippen LogP contribution in [0.1, 0.15) is 29.6 Å². The van der Waals surface area contributed by atoms with Crippen molar-refractivity contribution in [3.05, 3.63) is 35.4 Å². The second kappa shape index (κ2) is 5.36. The Morgan fingerprint density at radius 3 is 2.94 bits per heavy atom. The van der Waals surface area contributed by atoms with Crippen LogP contribution in [-0.4, -0.2) is 18.9 Å². The van der Waals surface area contributed by atoms with Crippen molar-refractivity contribution in [3.63, 3.8) is 0 Å². The number of halogens is 2. The summed E-state index contributed by atoms with van der Waals surface area (Å²) in [5.41, 5.74) is -0.129. The molecule has 1 fully saturated rings. The molecule has 1 heterocycles. The van der Waals surface area contributed by atoms with Crippen molar-refractivity contribution in [1.82, 2.24) is 5.32 Å². The van der Waals surface area contributed by atoms with Crippen LogP contribution in [0.15, 0.2) is 18.2 Å². The molecule has 1 atom stereocenters. The third-order valence-electron chi connectivity index (χ3n) is 3.10. The number of rotatable bonds is 3. The van der Waals surface area contributed by atoms with Gasteiger partial charge in [0.1, 0.15) is 11.6 Å². The molecule has 1 aliphatic rings. The predicted molar refractivity (Wildman–Crippen MR) is 60.9 cm³/mol. The number of ketones is 1. The van der Waals surface area contributed by atoms with Gasteiger partial charge in [0, 0.05) is 6.42 Å². The van der Waals surface area contributed by atoms with Crippen LogP contribution in [-0.2, 0) is 0 Å². The molecule has 92 valence electrons. The van der Waals surface area contributed by atoms with Crippen molar-refractivity contribution < 1.29 is 13.6 Å². The Balaban J connectivity index is 2.05. The van der Waals surface area contributed by atoms with Crippen LogP contribution < -0.4 is 5.32 Å². The van der Waals surface area contributed by atoms with Gasteiger partial charge in [-0.3, -0.25) is 4.79 Å². The monoisotopic (exact) mass is 239 g/mol. The molecule has 1 aliphatic heterocycles. The molecular weight excluding hydrogens is 224 g/mol. The zero-order chi connectivity index (χ0) is 12.3. The highest BCUT2D eigenvalue weighted by Gasteiger charge is 2.20. The van der Waals surface area contributed by atoms with Gasteiger partial charge < -0.3 is 5.32 Å². The number of hydrogen-bond acceptors (Lipinski definition) is 2. The number of piperidine rings is 1. The molecule has 1 unspecified atom stereocenters. The molecule has 1 aromatic carbocycles. The Morgan fingerprint density at radius 2 is 2.24 bits per heavy atom. The maximum Gasteiger partial charge on any atom is 0.166 e. The van der Waals surface area contributed by atoms with Gasteiger partial charge in [-0.05, 0) is 50.0 Å². The fourth-order valence-electron chi connectivity index (χ4n) is 2.18. The smallest absolute Gasteiger partial charge is 0.166 e. The Hall–Kier alpha value is -1.29. The van der Waals surface area contributed by atoms with Crippen LogP contribution in [0.5, 0.6) is 0 Å². The van der Waals surface area contributed by atoms with Crippen molar-refractivity contribution in [2.75, 3.05) is 13.1 Å². The van der Waals surface area contributed by atoms with Crippen LogP contribution in [0, 0.1) is 17.6 Å². The molecule has 0 saturated carbocycles. The summed E-state index contributed by atoms with van der Waals surface area (Å²) in [5.74, 6) is -1.29. The van der Waals surface area contributed by atoms with E-state index in [1.54, 1.807) is 0 Å². The fraction of sp³-hybridized carbons (Fsp3) is 0.462. The van der Waals surface area contributed by atoms with Crippen molar-refractivity contribution in [2.45, 2.75) is 19.3 Å². The van der Waals surface area contributed by atoms with Crippen molar-refractivity contribution >= 4 is 5.78 Å². The minimum absolute atomic E-state index is 0.129. The number of Topliss-reactive ketones (excluding diaryl/α,β-unsaturated/α-hetero) is 1. The number of carbonyl (C=O) groups excluding carboxylic acids is 1. The second-order valence-electron chi connectivity index (χ2n) is 4.46. The summed E-state index contributed by atoms with van der Waals surface area (Å²) in [6.07, 6.45) is 2.28. The largest absolute Gasteiger partial charge is 0.316 e. The quantitative estimate of drug-likeness (QED) is 0.821. The maximum atomic E-state index is 13.4. The van der Waals surface area contributed by atoms with Gasteiger partial charge in [0.05, 0.1) is 5.56 Å². The molecule has 0 amide bonds. The van der Waals surface area contributed by atoms with Crippen LogP contribution in [0.25, 0.3) is 0 Å². The first-order valence-corrected chi connectivity index (χ1v) is 5.86. The molecule has 0 aromatic heterocycles. The first-order valence-electron chi connectivity index (χ1n) is 5.86. The lowest BCUT2D eigenvalue weighted by molar-refractivity contribution is 0.0949. The lowest BCUT2D eigenvalue weighted by atomic mass is 9.92. The second-order valence-corrected chi connectivity index (χ2v) is 4.46. The van der Waals surface area contributed by atoms with E-state index in [1.807, 2.05) is 0 Å². The molecule has 4 heteroatoms. The fourth-order valence-corrected chi connectivity index (χ4v) is 2.18. The lowest BCUT2D eigenvalue weighted by Crippen LogP contribution is -2.31. The van der Waals surface area contributed by atoms with E-state index in [4.69, 9.17) is 0 Å². The lowest BCUT2D eigenvalue weighted by Gasteiger charge is -2.21. The summed E-state index contributed by atoms with van der Waals surface area (Å²) in [6, 6.07) is 3.00. The van der Waals surface area contributed by atoms with Gasteiger partial charge in [0.15, 0.2) is 5.78 Å². The minimum atomic E-state index is -0.639. The Labute approximate surface area is 99.0 Å². The highest BCUT2D eigenvalue weighted by molar-refractivity contribution is 5.96. The van der Waals surface area contributed by atoms with E-state index in [9.17, 15) is 13.6 Å². The normalized spacial score (nSPS) is 20.2. The highest BCUT2D eigenvalue weighted by atomic mass is 19.1. The van der Waals surface area contributed by atoms with E-state index in [0.29, 0.717) is 0 Å². The molecule has 0 bridgehead atoms. The summed E-state index contributed by atoms with van der Waals surface area (Å²) >= 11 is 0. The number of hydrogen-bond donors (Lipinski definition) is 1. The van der Waals surface area contributed by atoms with Gasteiger partial charge in [-0.2, -0.15) is 0 Å². The van der Waals surface area contributed by atoms with Gasteiger partial charge in [-0.25, -0.2) is 8.78 Å². The van der Waals surface area contributed by atoms with Crippen LogP contribution in [0.4, 0.5) is 8.78 Å². The van der Waals surface area contributed by atoms with Crippen LogP contribution in [0.2, 0.25) is 0 Å². The molecule has 17 heavy (non-hydrogen) atoms. The van der Waals surface area contributed by atoms with E-state index in [1.165, 1.54) is 0 Å². The molecule has 1 aromatic rings. The van der Waals surface area contributed by atoms with E-state index < -0.39 is 11.6 Å². The van der Waals surface area contributed by atoms with Gasteiger partial charge >= 0.3 is 0 Å². The SMILES string of the molecule is O=C(CC1CCCNC1)c1cc(F)ccc1F. The van der Waals surface area contributed by atoms with E-state index in [-0.39, 0.29) is 23.7 Å². The molecule has 1 N–H and O–H groups in total. The van der Waals surface area contributed by atoms with Gasteiger partial charge in [0.2, 0.25) is 0 Å². The first-order chi connectivity index (χ1) is 8.16.